The zero-order valence-electron chi connectivity index (χ0n) is 22.0. The summed E-state index contributed by atoms with van der Waals surface area (Å²) in [5, 5.41) is 15.7. The number of halogens is 1. The van der Waals surface area contributed by atoms with E-state index < -0.39 is 17.2 Å². The molecule has 3 aromatic rings. The van der Waals surface area contributed by atoms with Gasteiger partial charge in [-0.3, -0.25) is 15.1 Å². The second-order valence-electron chi connectivity index (χ2n) is 10.9. The van der Waals surface area contributed by atoms with Gasteiger partial charge in [0.25, 0.3) is 0 Å². The molecular formula is C26H33BrN6O4. The van der Waals surface area contributed by atoms with Crippen LogP contribution in [0.5, 0.6) is 0 Å². The molecule has 198 valence electrons. The molecule has 1 aliphatic heterocycles. The van der Waals surface area contributed by atoms with Crippen molar-refractivity contribution in [3.63, 3.8) is 0 Å². The number of piperidine rings is 1. The minimum Gasteiger partial charge on any atom is -0.444 e. The van der Waals surface area contributed by atoms with Crippen molar-refractivity contribution in [2.45, 2.75) is 71.6 Å². The predicted octanol–water partition coefficient (Wildman–Crippen LogP) is 5.90. The molecular weight excluding hydrogens is 540 g/mol. The summed E-state index contributed by atoms with van der Waals surface area (Å²) in [6.45, 7) is 12.5. The van der Waals surface area contributed by atoms with Gasteiger partial charge in [0, 0.05) is 35.5 Å². The number of ether oxygens (including phenoxy) is 1. The molecule has 1 aliphatic rings. The number of anilines is 1. The molecule has 0 aliphatic carbocycles. The molecule has 0 bridgehead atoms. The maximum Gasteiger partial charge on any atom is 0.408 e. The average Bonchev–Trinajstić information content (AvgIpc) is 3.14. The maximum atomic E-state index is 12.4. The first kappa shape index (κ1) is 26.8. The number of aromatic nitrogens is 3. The minimum atomic E-state index is -0.588. The number of aryl methyl sites for hydroxylation is 1. The summed E-state index contributed by atoms with van der Waals surface area (Å²) in [7, 11) is 0. The van der Waals surface area contributed by atoms with Crippen LogP contribution in [-0.4, -0.2) is 49.8 Å². The van der Waals surface area contributed by atoms with Crippen LogP contribution in [0.3, 0.4) is 0 Å². The van der Waals surface area contributed by atoms with Crippen molar-refractivity contribution < 1.29 is 14.5 Å². The van der Waals surface area contributed by atoms with Crippen molar-refractivity contribution in [2.24, 2.45) is 0 Å². The Kier molecular flexibility index (Phi) is 7.20. The van der Waals surface area contributed by atoms with Crippen LogP contribution in [0.4, 0.5) is 16.2 Å². The number of amides is 1. The van der Waals surface area contributed by atoms with Crippen molar-refractivity contribution in [1.29, 1.82) is 0 Å². The Balaban J connectivity index is 1.66. The Hall–Kier alpha value is -3.21. The fourth-order valence-electron chi connectivity index (χ4n) is 4.66. The number of carbonyl (C=O) groups excluding carboxylic acids is 1. The Labute approximate surface area is 224 Å². The van der Waals surface area contributed by atoms with Gasteiger partial charge in [-0.25, -0.2) is 9.78 Å². The minimum absolute atomic E-state index is 0.0456. The molecule has 0 aromatic carbocycles. The summed E-state index contributed by atoms with van der Waals surface area (Å²) in [6.07, 6.45) is 5.83. The summed E-state index contributed by atoms with van der Waals surface area (Å²) >= 11 is 3.65. The lowest BCUT2D eigenvalue weighted by atomic mass is 9.89. The molecule has 1 fully saturated rings. The van der Waals surface area contributed by atoms with Crippen LogP contribution in [0, 0.1) is 17.0 Å². The molecule has 0 unspecified atom stereocenters. The second kappa shape index (κ2) is 9.92. The van der Waals surface area contributed by atoms with E-state index in [0.29, 0.717) is 42.7 Å². The number of nitro groups is 1. The topological polar surface area (TPSA) is 115 Å². The second-order valence-corrected chi connectivity index (χ2v) is 11.8. The van der Waals surface area contributed by atoms with Gasteiger partial charge in [-0.1, -0.05) is 6.07 Å². The zero-order valence-corrected chi connectivity index (χ0v) is 23.6. The Bertz CT molecular complexity index is 1320. The molecule has 4 heterocycles. The third-order valence-corrected chi connectivity index (χ3v) is 7.31. The lowest BCUT2D eigenvalue weighted by molar-refractivity contribution is -0.384. The standard InChI is InChI=1S/C26H33BrN6O4/c1-16-7-8-19(28-13-16)17(2)32-15-18(27)21-22(20(33(35)36)14-29-23(21)32)31-11-9-26(6,10-12-31)30-24(34)37-25(3,4)5/h7-8,13-15,17H,9-12H2,1-6H3,(H,30,34)/t17-/m0/s1. The number of nitrogens with one attached hydrogen (secondary N) is 1. The van der Waals surface area contributed by atoms with Crippen LogP contribution in [0.1, 0.15) is 64.8 Å². The summed E-state index contributed by atoms with van der Waals surface area (Å²) in [4.78, 5) is 35.1. The van der Waals surface area contributed by atoms with E-state index in [1.807, 2.05) is 75.5 Å². The summed E-state index contributed by atoms with van der Waals surface area (Å²) < 4.78 is 8.15. The molecule has 1 atom stereocenters. The maximum absolute atomic E-state index is 12.4. The Morgan fingerprint density at radius 2 is 1.92 bits per heavy atom. The highest BCUT2D eigenvalue weighted by Crippen LogP contribution is 2.43. The van der Waals surface area contributed by atoms with Gasteiger partial charge in [-0.15, -0.1) is 0 Å². The lowest BCUT2D eigenvalue weighted by Gasteiger charge is -2.41. The molecule has 1 saturated heterocycles. The van der Waals surface area contributed by atoms with Gasteiger partial charge in [-0.05, 0) is 81.9 Å². The number of hydrogen-bond acceptors (Lipinski definition) is 7. The molecule has 3 aromatic heterocycles. The van der Waals surface area contributed by atoms with Gasteiger partial charge in [-0.2, -0.15) is 0 Å². The Morgan fingerprint density at radius 3 is 2.49 bits per heavy atom. The highest BCUT2D eigenvalue weighted by Gasteiger charge is 2.36. The number of alkyl carbamates (subject to hydrolysis) is 1. The SMILES string of the molecule is Cc1ccc([C@H](C)n2cc(Br)c3c(N4CCC(C)(NC(=O)OC(C)(C)C)CC4)c([N+](=O)[O-])cnc32)nc1. The largest absolute Gasteiger partial charge is 0.444 e. The number of nitrogens with zero attached hydrogens (tertiary/aromatic N) is 5. The summed E-state index contributed by atoms with van der Waals surface area (Å²) in [6, 6.07) is 3.87. The first-order valence-corrected chi connectivity index (χ1v) is 13.1. The first-order chi connectivity index (χ1) is 17.3. The number of carbonyl (C=O) groups is 1. The van der Waals surface area contributed by atoms with Gasteiger partial charge in [0.05, 0.1) is 22.0 Å². The van der Waals surface area contributed by atoms with Gasteiger partial charge >= 0.3 is 11.8 Å². The van der Waals surface area contributed by atoms with Crippen molar-refractivity contribution >= 4 is 44.4 Å². The fraction of sp³-hybridized carbons (Fsp3) is 0.500. The summed E-state index contributed by atoms with van der Waals surface area (Å²) in [5.74, 6) is 0. The summed E-state index contributed by atoms with van der Waals surface area (Å²) in [5.41, 5.74) is 2.01. The lowest BCUT2D eigenvalue weighted by Crippen LogP contribution is -2.54. The van der Waals surface area contributed by atoms with E-state index in [1.54, 1.807) is 0 Å². The molecule has 0 spiro atoms. The Morgan fingerprint density at radius 1 is 1.24 bits per heavy atom. The van der Waals surface area contributed by atoms with Crippen LogP contribution in [-0.2, 0) is 4.74 Å². The monoisotopic (exact) mass is 572 g/mol. The van der Waals surface area contributed by atoms with Gasteiger partial charge < -0.3 is 19.5 Å². The van der Waals surface area contributed by atoms with Crippen LogP contribution in [0.25, 0.3) is 11.0 Å². The van der Waals surface area contributed by atoms with Crippen LogP contribution < -0.4 is 10.2 Å². The van der Waals surface area contributed by atoms with Gasteiger partial charge in [0.2, 0.25) is 0 Å². The molecule has 10 nitrogen and oxygen atoms in total. The van der Waals surface area contributed by atoms with E-state index in [2.05, 4.69) is 31.2 Å². The normalized spacial score (nSPS) is 16.5. The first-order valence-electron chi connectivity index (χ1n) is 12.3. The molecule has 4 rings (SSSR count). The molecule has 1 N–H and O–H groups in total. The number of hydrogen-bond donors (Lipinski definition) is 1. The average molecular weight is 573 g/mol. The van der Waals surface area contributed by atoms with Crippen LogP contribution in [0.15, 0.2) is 35.2 Å². The number of pyridine rings is 2. The van der Waals surface area contributed by atoms with Gasteiger partial charge in [0.1, 0.15) is 23.1 Å². The predicted molar refractivity (Wildman–Crippen MR) is 146 cm³/mol. The fourth-order valence-corrected chi connectivity index (χ4v) is 5.25. The van der Waals surface area contributed by atoms with Crippen molar-refractivity contribution in [3.8, 4) is 0 Å². The molecule has 11 heteroatoms. The third kappa shape index (κ3) is 5.71. The van der Waals surface area contributed by atoms with Crippen molar-refractivity contribution in [1.82, 2.24) is 19.9 Å². The number of fused-ring (bicyclic) bond motifs is 1. The van der Waals surface area contributed by atoms with E-state index in [1.165, 1.54) is 6.20 Å². The molecule has 0 radical (unpaired) electrons. The molecule has 37 heavy (non-hydrogen) atoms. The van der Waals surface area contributed by atoms with E-state index in [4.69, 9.17) is 4.74 Å². The van der Waals surface area contributed by atoms with E-state index in [0.717, 1.165) is 15.7 Å². The van der Waals surface area contributed by atoms with Crippen LogP contribution in [0.2, 0.25) is 0 Å². The van der Waals surface area contributed by atoms with Crippen molar-refractivity contribution in [2.75, 3.05) is 18.0 Å². The molecule has 0 saturated carbocycles. The highest BCUT2D eigenvalue weighted by molar-refractivity contribution is 9.10. The van der Waals surface area contributed by atoms with E-state index in [-0.39, 0.29) is 16.7 Å². The quantitative estimate of drug-likeness (QED) is 0.298. The highest BCUT2D eigenvalue weighted by atomic mass is 79.9. The zero-order chi connectivity index (χ0) is 27.1. The molecule has 1 amide bonds. The van der Waals surface area contributed by atoms with Crippen LogP contribution >= 0.6 is 15.9 Å². The van der Waals surface area contributed by atoms with E-state index >= 15 is 0 Å². The van der Waals surface area contributed by atoms with Gasteiger partial charge in [0.15, 0.2) is 0 Å². The third-order valence-electron chi connectivity index (χ3n) is 6.71. The smallest absolute Gasteiger partial charge is 0.408 e. The van der Waals surface area contributed by atoms with E-state index in [9.17, 15) is 14.9 Å². The van der Waals surface area contributed by atoms with Crippen molar-refractivity contribution in [3.05, 3.63) is 56.6 Å². The number of rotatable bonds is 5.